The summed E-state index contributed by atoms with van der Waals surface area (Å²) in [7, 11) is 0. The molecule has 2 rings (SSSR count). The largest absolute Gasteiger partial charge is 0.488 e. The van der Waals surface area contributed by atoms with Crippen LogP contribution in [0.4, 0.5) is 11.4 Å². The zero-order valence-corrected chi connectivity index (χ0v) is 14.7. The first-order valence-corrected chi connectivity index (χ1v) is 7.92. The highest BCUT2D eigenvalue weighted by molar-refractivity contribution is 6.06. The van der Waals surface area contributed by atoms with Crippen molar-refractivity contribution >= 4 is 23.2 Å². The summed E-state index contributed by atoms with van der Waals surface area (Å²) in [5.74, 6) is 0.0530. The Kier molecular flexibility index (Phi) is 5.95. The van der Waals surface area contributed by atoms with Crippen LogP contribution >= 0.6 is 0 Å². The molecule has 5 heteroatoms. The van der Waals surface area contributed by atoms with E-state index in [1.165, 1.54) is 6.92 Å². The first-order chi connectivity index (χ1) is 11.9. The summed E-state index contributed by atoms with van der Waals surface area (Å²) in [4.78, 5) is 23.9. The second-order valence-electron chi connectivity index (χ2n) is 5.91. The van der Waals surface area contributed by atoms with E-state index in [9.17, 15) is 9.59 Å². The van der Waals surface area contributed by atoms with Gasteiger partial charge in [-0.3, -0.25) is 9.59 Å². The van der Waals surface area contributed by atoms with Gasteiger partial charge in [0, 0.05) is 18.3 Å². The molecule has 0 radical (unpaired) electrons. The van der Waals surface area contributed by atoms with Crippen LogP contribution in [0, 0.1) is 6.92 Å². The van der Waals surface area contributed by atoms with Gasteiger partial charge >= 0.3 is 0 Å². The van der Waals surface area contributed by atoms with E-state index in [2.05, 4.69) is 17.2 Å². The van der Waals surface area contributed by atoms with Crippen molar-refractivity contribution in [2.24, 2.45) is 0 Å². The average Bonchev–Trinajstić information content (AvgIpc) is 2.55. The number of amides is 2. The molecule has 0 fully saturated rings. The first kappa shape index (κ1) is 18.3. The van der Waals surface area contributed by atoms with Crippen LogP contribution in [0.5, 0.6) is 5.75 Å². The molecule has 0 heterocycles. The van der Waals surface area contributed by atoms with Crippen molar-refractivity contribution in [3.05, 3.63) is 65.7 Å². The number of anilines is 2. The fourth-order valence-corrected chi connectivity index (χ4v) is 2.20. The molecule has 25 heavy (non-hydrogen) atoms. The fraction of sp³-hybridized carbons (Fsp3) is 0.200. The van der Waals surface area contributed by atoms with E-state index in [0.29, 0.717) is 29.3 Å². The molecule has 2 aromatic carbocycles. The van der Waals surface area contributed by atoms with E-state index >= 15 is 0 Å². The number of benzene rings is 2. The van der Waals surface area contributed by atoms with Gasteiger partial charge in [-0.2, -0.15) is 0 Å². The van der Waals surface area contributed by atoms with Gasteiger partial charge in [0.05, 0.1) is 5.56 Å². The number of hydrogen-bond acceptors (Lipinski definition) is 3. The smallest absolute Gasteiger partial charge is 0.259 e. The van der Waals surface area contributed by atoms with Gasteiger partial charge in [-0.05, 0) is 49.2 Å². The maximum Gasteiger partial charge on any atom is 0.259 e. The Labute approximate surface area is 147 Å². The molecule has 5 nitrogen and oxygen atoms in total. The number of aryl methyl sites for hydroxylation is 1. The number of nitrogens with one attached hydrogen (secondary N) is 2. The molecule has 0 bridgehead atoms. The van der Waals surface area contributed by atoms with Gasteiger partial charge in [-0.1, -0.05) is 24.8 Å². The van der Waals surface area contributed by atoms with Gasteiger partial charge in [-0.15, -0.1) is 0 Å². The average molecular weight is 338 g/mol. The SMILES string of the molecule is C=C(C)COc1ccccc1C(=O)Nc1ccc(C)c(NC(C)=O)c1. The molecule has 0 aliphatic carbocycles. The van der Waals surface area contributed by atoms with Crippen LogP contribution in [-0.4, -0.2) is 18.4 Å². The van der Waals surface area contributed by atoms with Gasteiger partial charge < -0.3 is 15.4 Å². The lowest BCUT2D eigenvalue weighted by Gasteiger charge is -2.13. The molecule has 0 atom stereocenters. The van der Waals surface area contributed by atoms with Crippen molar-refractivity contribution in [1.29, 1.82) is 0 Å². The minimum absolute atomic E-state index is 0.162. The monoisotopic (exact) mass is 338 g/mol. The third kappa shape index (κ3) is 5.21. The van der Waals surface area contributed by atoms with Crippen molar-refractivity contribution in [3.63, 3.8) is 0 Å². The van der Waals surface area contributed by atoms with E-state index < -0.39 is 0 Å². The predicted octanol–water partition coefficient (Wildman–Crippen LogP) is 4.16. The molecular weight excluding hydrogens is 316 g/mol. The zero-order chi connectivity index (χ0) is 18.4. The molecule has 0 spiro atoms. The van der Waals surface area contributed by atoms with Crippen LogP contribution < -0.4 is 15.4 Å². The number of rotatable bonds is 6. The van der Waals surface area contributed by atoms with Crippen molar-refractivity contribution in [3.8, 4) is 5.75 Å². The molecule has 0 unspecified atom stereocenters. The van der Waals surface area contributed by atoms with E-state index in [-0.39, 0.29) is 11.8 Å². The minimum atomic E-state index is -0.282. The summed E-state index contributed by atoms with van der Waals surface area (Å²) in [6, 6.07) is 12.4. The first-order valence-electron chi connectivity index (χ1n) is 7.92. The highest BCUT2D eigenvalue weighted by atomic mass is 16.5. The van der Waals surface area contributed by atoms with Crippen LogP contribution in [0.15, 0.2) is 54.6 Å². The summed E-state index contributed by atoms with van der Waals surface area (Å²) in [5, 5.41) is 5.58. The van der Waals surface area contributed by atoms with Gasteiger partial charge in [-0.25, -0.2) is 0 Å². The van der Waals surface area contributed by atoms with Crippen molar-refractivity contribution in [2.45, 2.75) is 20.8 Å². The Balaban J connectivity index is 2.20. The second kappa shape index (κ2) is 8.15. The normalized spacial score (nSPS) is 10.0. The maximum absolute atomic E-state index is 12.6. The van der Waals surface area contributed by atoms with Crippen LogP contribution in [0.3, 0.4) is 0 Å². The zero-order valence-electron chi connectivity index (χ0n) is 14.7. The Bertz CT molecular complexity index is 812. The number of ether oxygens (including phenoxy) is 1. The van der Waals surface area contributed by atoms with Crippen LogP contribution in [-0.2, 0) is 4.79 Å². The minimum Gasteiger partial charge on any atom is -0.488 e. The summed E-state index contributed by atoms with van der Waals surface area (Å²) < 4.78 is 5.64. The van der Waals surface area contributed by atoms with Gasteiger partial charge in [0.2, 0.25) is 5.91 Å². The topological polar surface area (TPSA) is 67.4 Å². The van der Waals surface area contributed by atoms with Gasteiger partial charge in [0.25, 0.3) is 5.91 Å². The quantitative estimate of drug-likeness (QED) is 0.777. The number of para-hydroxylation sites is 1. The molecule has 2 amide bonds. The summed E-state index contributed by atoms with van der Waals surface area (Å²) >= 11 is 0. The molecular formula is C20H22N2O3. The Morgan fingerprint density at radius 1 is 1.08 bits per heavy atom. The Hall–Kier alpha value is -3.08. The third-order valence-electron chi connectivity index (χ3n) is 3.41. The third-order valence-corrected chi connectivity index (χ3v) is 3.41. The van der Waals surface area contributed by atoms with E-state index in [0.717, 1.165) is 11.1 Å². The standard InChI is InChI=1S/C20H22N2O3/c1-13(2)12-25-19-8-6-5-7-17(19)20(24)22-16-10-9-14(3)18(11-16)21-15(4)23/h5-11H,1,12H2,2-4H3,(H,21,23)(H,22,24). The number of carbonyl (C=O) groups excluding carboxylic acids is 2. The molecule has 0 aliphatic rings. The lowest BCUT2D eigenvalue weighted by atomic mass is 10.1. The fourth-order valence-electron chi connectivity index (χ4n) is 2.20. The lowest BCUT2D eigenvalue weighted by Crippen LogP contribution is -2.15. The Morgan fingerprint density at radius 3 is 2.48 bits per heavy atom. The molecule has 2 N–H and O–H groups in total. The lowest BCUT2D eigenvalue weighted by molar-refractivity contribution is -0.114. The molecule has 130 valence electrons. The van der Waals surface area contributed by atoms with Gasteiger partial charge in [0.1, 0.15) is 12.4 Å². The summed E-state index contributed by atoms with van der Waals surface area (Å²) in [6.07, 6.45) is 0. The maximum atomic E-state index is 12.6. The molecule has 2 aromatic rings. The van der Waals surface area contributed by atoms with E-state index in [1.54, 1.807) is 30.3 Å². The number of hydrogen-bond donors (Lipinski definition) is 2. The van der Waals surface area contributed by atoms with Crippen molar-refractivity contribution in [1.82, 2.24) is 0 Å². The number of carbonyl (C=O) groups is 2. The van der Waals surface area contributed by atoms with Crippen LogP contribution in [0.25, 0.3) is 0 Å². The molecule has 0 aromatic heterocycles. The van der Waals surface area contributed by atoms with Crippen LogP contribution in [0.1, 0.15) is 29.8 Å². The van der Waals surface area contributed by atoms with Crippen LogP contribution in [0.2, 0.25) is 0 Å². The summed E-state index contributed by atoms with van der Waals surface area (Å²) in [5.41, 5.74) is 3.48. The van der Waals surface area contributed by atoms with Gasteiger partial charge in [0.15, 0.2) is 0 Å². The predicted molar refractivity (Wildman–Crippen MR) is 100 cm³/mol. The molecule has 0 saturated carbocycles. The summed E-state index contributed by atoms with van der Waals surface area (Å²) in [6.45, 7) is 9.33. The van der Waals surface area contributed by atoms with E-state index in [4.69, 9.17) is 4.74 Å². The highest BCUT2D eigenvalue weighted by Gasteiger charge is 2.13. The molecule has 0 aliphatic heterocycles. The van der Waals surface area contributed by atoms with Crippen molar-refractivity contribution in [2.75, 3.05) is 17.2 Å². The molecule has 0 saturated heterocycles. The van der Waals surface area contributed by atoms with Crippen molar-refractivity contribution < 1.29 is 14.3 Å². The Morgan fingerprint density at radius 2 is 1.80 bits per heavy atom. The highest BCUT2D eigenvalue weighted by Crippen LogP contribution is 2.23. The second-order valence-corrected chi connectivity index (χ2v) is 5.91. The van der Waals surface area contributed by atoms with E-state index in [1.807, 2.05) is 26.0 Å².